The summed E-state index contributed by atoms with van der Waals surface area (Å²) in [6.07, 6.45) is 5.12. The van der Waals surface area contributed by atoms with Crippen molar-refractivity contribution in [2.45, 2.75) is 37.7 Å². The molecule has 1 aromatic carbocycles. The van der Waals surface area contributed by atoms with Gasteiger partial charge in [-0.2, -0.15) is 0 Å². The second-order valence-corrected chi connectivity index (χ2v) is 5.60. The van der Waals surface area contributed by atoms with Crippen molar-refractivity contribution >= 4 is 27.5 Å². The Morgan fingerprint density at radius 3 is 2.40 bits per heavy atom. The third kappa shape index (κ3) is 2.55. The summed E-state index contributed by atoms with van der Waals surface area (Å²) in [6.45, 7) is 0. The summed E-state index contributed by atoms with van der Waals surface area (Å²) in [4.78, 5) is 0. The minimum absolute atomic E-state index is 0.661. The molecule has 1 aromatic rings. The maximum absolute atomic E-state index is 10.5. The van der Waals surface area contributed by atoms with Crippen LogP contribution in [0.5, 0.6) is 0 Å². The molecule has 1 saturated carbocycles. The van der Waals surface area contributed by atoms with Crippen molar-refractivity contribution in [1.82, 2.24) is 0 Å². The zero-order valence-electron chi connectivity index (χ0n) is 8.47. The maximum Gasteiger partial charge on any atom is 0.0897 e. The molecule has 3 heteroatoms. The van der Waals surface area contributed by atoms with Gasteiger partial charge in [-0.3, -0.25) is 0 Å². The molecule has 0 atom stereocenters. The molecule has 1 fully saturated rings. The van der Waals surface area contributed by atoms with Crippen molar-refractivity contribution in [1.29, 1.82) is 0 Å². The van der Waals surface area contributed by atoms with Gasteiger partial charge in [0.1, 0.15) is 0 Å². The van der Waals surface area contributed by atoms with Crippen LogP contribution < -0.4 is 0 Å². The van der Waals surface area contributed by atoms with Crippen molar-refractivity contribution in [3.63, 3.8) is 0 Å². The molecule has 0 heterocycles. The second kappa shape index (κ2) is 4.44. The first-order chi connectivity index (χ1) is 7.10. The van der Waals surface area contributed by atoms with E-state index < -0.39 is 5.60 Å². The van der Waals surface area contributed by atoms with Crippen LogP contribution in [-0.4, -0.2) is 5.11 Å². The van der Waals surface area contributed by atoms with Crippen molar-refractivity contribution < 1.29 is 5.11 Å². The number of aliphatic hydroxyl groups is 1. The summed E-state index contributed by atoms with van der Waals surface area (Å²) in [6, 6.07) is 5.69. The molecule has 1 nitrogen and oxygen atoms in total. The lowest BCUT2D eigenvalue weighted by Gasteiger charge is -2.32. The minimum atomic E-state index is -0.661. The lowest BCUT2D eigenvalue weighted by molar-refractivity contribution is -0.000669. The number of benzene rings is 1. The summed E-state index contributed by atoms with van der Waals surface area (Å²) in [5.41, 5.74) is 0.285. The van der Waals surface area contributed by atoms with E-state index in [4.69, 9.17) is 11.6 Å². The van der Waals surface area contributed by atoms with Crippen LogP contribution in [0.4, 0.5) is 0 Å². The van der Waals surface area contributed by atoms with Gasteiger partial charge in [0.05, 0.1) is 5.60 Å². The highest BCUT2D eigenvalue weighted by atomic mass is 79.9. The summed E-state index contributed by atoms with van der Waals surface area (Å²) in [7, 11) is 0. The highest BCUT2D eigenvalue weighted by molar-refractivity contribution is 9.10. The Morgan fingerprint density at radius 1 is 1.13 bits per heavy atom. The van der Waals surface area contributed by atoms with Gasteiger partial charge in [-0.05, 0) is 36.6 Å². The number of rotatable bonds is 1. The minimum Gasteiger partial charge on any atom is -0.385 e. The van der Waals surface area contributed by atoms with Gasteiger partial charge < -0.3 is 5.11 Å². The largest absolute Gasteiger partial charge is 0.385 e. The first kappa shape index (κ1) is 11.4. The molecule has 0 amide bonds. The van der Waals surface area contributed by atoms with Crippen LogP contribution in [0.15, 0.2) is 22.7 Å². The molecule has 0 bridgehead atoms. The van der Waals surface area contributed by atoms with Crippen molar-refractivity contribution in [2.75, 3.05) is 0 Å². The van der Waals surface area contributed by atoms with Crippen molar-refractivity contribution in [2.24, 2.45) is 0 Å². The Balaban J connectivity index is 2.34. The second-order valence-electron chi connectivity index (χ2n) is 4.25. The van der Waals surface area contributed by atoms with Gasteiger partial charge >= 0.3 is 0 Å². The molecule has 2 rings (SSSR count). The van der Waals surface area contributed by atoms with Crippen LogP contribution in [0.3, 0.4) is 0 Å². The quantitative estimate of drug-likeness (QED) is 0.819. The molecule has 0 aromatic heterocycles. The molecule has 0 aliphatic heterocycles. The van der Waals surface area contributed by atoms with Gasteiger partial charge in [-0.1, -0.05) is 46.8 Å². The summed E-state index contributed by atoms with van der Waals surface area (Å²) in [5.74, 6) is 0. The number of hydrogen-bond donors (Lipinski definition) is 1. The van der Waals surface area contributed by atoms with Crippen LogP contribution in [0.2, 0.25) is 5.02 Å². The van der Waals surface area contributed by atoms with Crippen LogP contribution in [0.25, 0.3) is 0 Å². The SMILES string of the molecule is OC1(c2cc(Cl)cc(Br)c2)CCCCC1. The molecule has 1 aliphatic rings. The van der Waals surface area contributed by atoms with E-state index in [2.05, 4.69) is 15.9 Å². The van der Waals surface area contributed by atoms with Crippen molar-refractivity contribution in [3.05, 3.63) is 33.3 Å². The maximum atomic E-state index is 10.5. The Bertz CT molecular complexity index is 338. The van der Waals surface area contributed by atoms with Gasteiger partial charge in [0.15, 0.2) is 0 Å². The van der Waals surface area contributed by atoms with E-state index in [0.29, 0.717) is 5.02 Å². The van der Waals surface area contributed by atoms with Gasteiger partial charge in [0, 0.05) is 9.50 Å². The van der Waals surface area contributed by atoms with E-state index in [9.17, 15) is 5.11 Å². The topological polar surface area (TPSA) is 20.2 Å². The highest BCUT2D eigenvalue weighted by Gasteiger charge is 2.31. The molecule has 82 valence electrons. The lowest BCUT2D eigenvalue weighted by atomic mass is 9.80. The zero-order chi connectivity index (χ0) is 10.9. The average Bonchev–Trinajstić information content (AvgIpc) is 2.17. The Morgan fingerprint density at radius 2 is 1.80 bits per heavy atom. The Hall–Kier alpha value is -0.0500. The van der Waals surface area contributed by atoms with Gasteiger partial charge in [-0.15, -0.1) is 0 Å². The van der Waals surface area contributed by atoms with E-state index in [1.807, 2.05) is 18.2 Å². The molecule has 15 heavy (non-hydrogen) atoms. The van der Waals surface area contributed by atoms with E-state index >= 15 is 0 Å². The molecular weight excluding hydrogens is 275 g/mol. The predicted octanol–water partition coefficient (Wildman–Crippen LogP) is 4.25. The first-order valence-corrected chi connectivity index (χ1v) is 6.46. The average molecular weight is 290 g/mol. The fraction of sp³-hybridized carbons (Fsp3) is 0.500. The Kier molecular flexibility index (Phi) is 3.39. The summed E-state index contributed by atoms with van der Waals surface area (Å²) in [5, 5.41) is 11.2. The van der Waals surface area contributed by atoms with E-state index in [-0.39, 0.29) is 0 Å². The fourth-order valence-electron chi connectivity index (χ4n) is 2.25. The lowest BCUT2D eigenvalue weighted by Crippen LogP contribution is -2.28. The van der Waals surface area contributed by atoms with E-state index in [1.165, 1.54) is 6.42 Å². The third-order valence-electron chi connectivity index (χ3n) is 3.08. The van der Waals surface area contributed by atoms with E-state index in [1.54, 1.807) is 0 Å². The molecule has 0 radical (unpaired) electrons. The summed E-state index contributed by atoms with van der Waals surface area (Å²) >= 11 is 9.40. The molecule has 0 unspecified atom stereocenters. The Labute approximate surface area is 104 Å². The van der Waals surface area contributed by atoms with Gasteiger partial charge in [0.25, 0.3) is 0 Å². The first-order valence-electron chi connectivity index (χ1n) is 5.29. The molecule has 0 saturated heterocycles. The van der Waals surface area contributed by atoms with Crippen LogP contribution >= 0.6 is 27.5 Å². The van der Waals surface area contributed by atoms with Crippen molar-refractivity contribution in [3.8, 4) is 0 Å². The zero-order valence-corrected chi connectivity index (χ0v) is 10.8. The van der Waals surface area contributed by atoms with Crippen LogP contribution in [-0.2, 0) is 5.60 Å². The molecular formula is C12H14BrClO. The number of hydrogen-bond acceptors (Lipinski definition) is 1. The molecule has 0 spiro atoms. The molecule has 1 N–H and O–H groups in total. The van der Waals surface area contributed by atoms with Gasteiger partial charge in [-0.25, -0.2) is 0 Å². The predicted molar refractivity (Wildman–Crippen MR) is 66.1 cm³/mol. The third-order valence-corrected chi connectivity index (χ3v) is 3.76. The molecule has 1 aliphatic carbocycles. The van der Waals surface area contributed by atoms with Gasteiger partial charge in [0.2, 0.25) is 0 Å². The highest BCUT2D eigenvalue weighted by Crippen LogP contribution is 2.38. The van der Waals surface area contributed by atoms with Crippen LogP contribution in [0, 0.1) is 0 Å². The summed E-state index contributed by atoms with van der Waals surface area (Å²) < 4.78 is 0.934. The monoisotopic (exact) mass is 288 g/mol. The number of halogens is 2. The van der Waals surface area contributed by atoms with Crippen LogP contribution in [0.1, 0.15) is 37.7 Å². The van der Waals surface area contributed by atoms with E-state index in [0.717, 1.165) is 35.7 Å². The normalized spacial score (nSPS) is 20.2. The smallest absolute Gasteiger partial charge is 0.0897 e. The standard InChI is InChI=1S/C12H14BrClO/c13-10-6-9(7-11(14)8-10)12(15)4-2-1-3-5-12/h6-8,15H,1-5H2. The fourth-order valence-corrected chi connectivity index (χ4v) is 3.11.